The third kappa shape index (κ3) is 3.65. The summed E-state index contributed by atoms with van der Waals surface area (Å²) >= 11 is 0. The molecule has 18 heavy (non-hydrogen) atoms. The summed E-state index contributed by atoms with van der Waals surface area (Å²) in [6.07, 6.45) is -4.36. The van der Waals surface area contributed by atoms with Gasteiger partial charge in [-0.3, -0.25) is 4.79 Å². The maximum atomic E-state index is 12.3. The number of aliphatic carboxylic acids is 1. The molecule has 1 aromatic rings. The van der Waals surface area contributed by atoms with E-state index in [1.165, 1.54) is 26.0 Å². The van der Waals surface area contributed by atoms with Crippen LogP contribution < -0.4 is 5.32 Å². The molecule has 0 atom stereocenters. The van der Waals surface area contributed by atoms with Crippen molar-refractivity contribution >= 4 is 11.7 Å². The molecule has 0 heterocycles. The Hall–Kier alpha value is -1.72. The summed E-state index contributed by atoms with van der Waals surface area (Å²) in [6.45, 7) is 3.20. The van der Waals surface area contributed by atoms with E-state index in [-0.39, 0.29) is 6.54 Å². The summed E-state index contributed by atoms with van der Waals surface area (Å²) in [5.41, 5.74) is -1.26. The van der Waals surface area contributed by atoms with Gasteiger partial charge in [0.1, 0.15) is 0 Å². The normalized spacial score (nSPS) is 12.3. The molecular weight excluding hydrogens is 247 g/mol. The van der Waals surface area contributed by atoms with E-state index in [0.29, 0.717) is 5.69 Å². The van der Waals surface area contributed by atoms with Gasteiger partial charge in [-0.15, -0.1) is 0 Å². The van der Waals surface area contributed by atoms with E-state index in [2.05, 4.69) is 5.32 Å². The zero-order chi connectivity index (χ0) is 14.0. The van der Waals surface area contributed by atoms with Crippen molar-refractivity contribution in [2.24, 2.45) is 5.41 Å². The van der Waals surface area contributed by atoms with Gasteiger partial charge in [-0.2, -0.15) is 13.2 Å². The number of carboxylic acid groups (broad SMARTS) is 1. The predicted molar refractivity (Wildman–Crippen MR) is 61.4 cm³/mol. The van der Waals surface area contributed by atoms with Crippen molar-refractivity contribution in [2.45, 2.75) is 20.0 Å². The van der Waals surface area contributed by atoms with E-state index in [9.17, 15) is 18.0 Å². The molecule has 0 radical (unpaired) electrons. The molecular formula is C12H14F3NO2. The summed E-state index contributed by atoms with van der Waals surface area (Å²) in [5.74, 6) is -0.970. The number of benzene rings is 1. The highest BCUT2D eigenvalue weighted by Crippen LogP contribution is 2.30. The van der Waals surface area contributed by atoms with Crippen LogP contribution >= 0.6 is 0 Å². The highest BCUT2D eigenvalue weighted by Gasteiger charge is 2.30. The summed E-state index contributed by atoms with van der Waals surface area (Å²) in [7, 11) is 0. The summed E-state index contributed by atoms with van der Waals surface area (Å²) in [6, 6.07) is 4.47. The zero-order valence-electron chi connectivity index (χ0n) is 10.0. The molecule has 1 aromatic carbocycles. The van der Waals surface area contributed by atoms with Crippen molar-refractivity contribution < 1.29 is 23.1 Å². The van der Waals surface area contributed by atoms with Crippen LogP contribution in [-0.4, -0.2) is 17.6 Å². The van der Waals surface area contributed by atoms with Gasteiger partial charge in [0.25, 0.3) is 0 Å². The second-order valence-electron chi connectivity index (χ2n) is 4.62. The largest absolute Gasteiger partial charge is 0.481 e. The lowest BCUT2D eigenvalue weighted by molar-refractivity contribution is -0.146. The standard InChI is InChI=1S/C12H14F3NO2/c1-11(2,10(17)18)7-16-9-5-3-8(4-6-9)12(13,14)15/h3-6,16H,7H2,1-2H3,(H,17,18). The van der Waals surface area contributed by atoms with Crippen LogP contribution in [0.1, 0.15) is 19.4 Å². The maximum absolute atomic E-state index is 12.3. The highest BCUT2D eigenvalue weighted by atomic mass is 19.4. The molecule has 0 spiro atoms. The van der Waals surface area contributed by atoms with Gasteiger partial charge in [0.2, 0.25) is 0 Å². The molecule has 0 fully saturated rings. The lowest BCUT2D eigenvalue weighted by Crippen LogP contribution is -2.31. The van der Waals surface area contributed by atoms with Crippen LogP contribution in [0.25, 0.3) is 0 Å². The van der Waals surface area contributed by atoms with Gasteiger partial charge >= 0.3 is 12.1 Å². The second kappa shape index (κ2) is 4.88. The van der Waals surface area contributed by atoms with E-state index in [0.717, 1.165) is 12.1 Å². The monoisotopic (exact) mass is 261 g/mol. The fourth-order valence-electron chi connectivity index (χ4n) is 1.18. The Bertz CT molecular complexity index is 424. The first-order valence-electron chi connectivity index (χ1n) is 5.27. The summed E-state index contributed by atoms with van der Waals surface area (Å²) < 4.78 is 36.9. The topological polar surface area (TPSA) is 49.3 Å². The van der Waals surface area contributed by atoms with E-state index >= 15 is 0 Å². The molecule has 0 amide bonds. The van der Waals surface area contributed by atoms with Crippen LogP contribution in [0.4, 0.5) is 18.9 Å². The number of carbonyl (C=O) groups is 1. The van der Waals surface area contributed by atoms with Crippen LogP contribution in [0, 0.1) is 5.41 Å². The quantitative estimate of drug-likeness (QED) is 0.874. The Morgan fingerprint density at radius 1 is 1.22 bits per heavy atom. The van der Waals surface area contributed by atoms with Gasteiger partial charge in [-0.05, 0) is 38.1 Å². The molecule has 6 heteroatoms. The highest BCUT2D eigenvalue weighted by molar-refractivity contribution is 5.74. The minimum Gasteiger partial charge on any atom is -0.481 e. The third-order valence-electron chi connectivity index (χ3n) is 2.53. The molecule has 0 saturated carbocycles. The summed E-state index contributed by atoms with van der Waals surface area (Å²) in [4.78, 5) is 10.8. The molecule has 0 aliphatic heterocycles. The van der Waals surface area contributed by atoms with E-state index < -0.39 is 23.1 Å². The van der Waals surface area contributed by atoms with Crippen LogP contribution in [0.3, 0.4) is 0 Å². The first-order valence-corrected chi connectivity index (χ1v) is 5.27. The number of hydrogen-bond acceptors (Lipinski definition) is 2. The number of carboxylic acids is 1. The molecule has 0 aromatic heterocycles. The van der Waals surface area contributed by atoms with Crippen molar-refractivity contribution in [3.8, 4) is 0 Å². The zero-order valence-corrected chi connectivity index (χ0v) is 10.0. The average molecular weight is 261 g/mol. The molecule has 2 N–H and O–H groups in total. The van der Waals surface area contributed by atoms with E-state index in [1.54, 1.807) is 0 Å². The molecule has 0 saturated heterocycles. The number of alkyl halides is 3. The number of hydrogen-bond donors (Lipinski definition) is 2. The molecule has 3 nitrogen and oxygen atoms in total. The van der Waals surface area contributed by atoms with Crippen molar-refractivity contribution in [3.05, 3.63) is 29.8 Å². The third-order valence-corrected chi connectivity index (χ3v) is 2.53. The Labute approximate surface area is 103 Å². The fourth-order valence-corrected chi connectivity index (χ4v) is 1.18. The van der Waals surface area contributed by atoms with Gasteiger partial charge in [0, 0.05) is 12.2 Å². The van der Waals surface area contributed by atoms with Crippen LogP contribution in [0.2, 0.25) is 0 Å². The predicted octanol–water partition coefficient (Wildman–Crippen LogP) is 3.23. The summed E-state index contributed by atoms with van der Waals surface area (Å²) in [5, 5.41) is 11.7. The molecule has 0 unspecified atom stereocenters. The minimum atomic E-state index is -4.36. The number of anilines is 1. The van der Waals surface area contributed by atoms with Crippen molar-refractivity contribution in [1.82, 2.24) is 0 Å². The average Bonchev–Trinajstić information content (AvgIpc) is 2.25. The van der Waals surface area contributed by atoms with Gasteiger partial charge in [0.05, 0.1) is 11.0 Å². The van der Waals surface area contributed by atoms with E-state index in [4.69, 9.17) is 5.11 Å². The van der Waals surface area contributed by atoms with E-state index in [1.807, 2.05) is 0 Å². The van der Waals surface area contributed by atoms with Gasteiger partial charge in [-0.1, -0.05) is 0 Å². The number of halogens is 3. The second-order valence-corrected chi connectivity index (χ2v) is 4.62. The maximum Gasteiger partial charge on any atom is 0.416 e. The fraction of sp³-hybridized carbons (Fsp3) is 0.417. The number of rotatable bonds is 4. The van der Waals surface area contributed by atoms with Gasteiger partial charge in [0.15, 0.2) is 0 Å². The smallest absolute Gasteiger partial charge is 0.416 e. The lowest BCUT2D eigenvalue weighted by atomic mass is 9.94. The Morgan fingerprint density at radius 2 is 1.72 bits per heavy atom. The first-order chi connectivity index (χ1) is 8.13. The SMILES string of the molecule is CC(C)(CNc1ccc(C(F)(F)F)cc1)C(=O)O. The van der Waals surface area contributed by atoms with Crippen molar-refractivity contribution in [2.75, 3.05) is 11.9 Å². The van der Waals surface area contributed by atoms with Gasteiger partial charge < -0.3 is 10.4 Å². The van der Waals surface area contributed by atoms with Crippen LogP contribution in [-0.2, 0) is 11.0 Å². The molecule has 0 aliphatic rings. The van der Waals surface area contributed by atoms with Crippen molar-refractivity contribution in [3.63, 3.8) is 0 Å². The first kappa shape index (κ1) is 14.3. The van der Waals surface area contributed by atoms with Crippen LogP contribution in [0.15, 0.2) is 24.3 Å². The van der Waals surface area contributed by atoms with Crippen molar-refractivity contribution in [1.29, 1.82) is 0 Å². The van der Waals surface area contributed by atoms with Crippen LogP contribution in [0.5, 0.6) is 0 Å². The van der Waals surface area contributed by atoms with Gasteiger partial charge in [-0.25, -0.2) is 0 Å². The lowest BCUT2D eigenvalue weighted by Gasteiger charge is -2.20. The Balaban J connectivity index is 2.68. The minimum absolute atomic E-state index is 0.133. The molecule has 0 aliphatic carbocycles. The molecule has 1 rings (SSSR count). The molecule has 0 bridgehead atoms. The Morgan fingerprint density at radius 3 is 2.11 bits per heavy atom. The molecule has 100 valence electrons. The Kier molecular flexibility index (Phi) is 3.88. The number of nitrogens with one attached hydrogen (secondary N) is 1.